The van der Waals surface area contributed by atoms with Gasteiger partial charge in [0, 0.05) is 0 Å². The van der Waals surface area contributed by atoms with Gasteiger partial charge in [0.15, 0.2) is 0 Å². The first-order valence-corrected chi connectivity index (χ1v) is 3.44. The highest BCUT2D eigenvalue weighted by Crippen LogP contribution is 2.18. The maximum absolute atomic E-state index is 2.28. The highest BCUT2D eigenvalue weighted by Gasteiger charge is 1.99. The summed E-state index contributed by atoms with van der Waals surface area (Å²) in [5, 5.41) is 0. The molecular formula is C8H13. The Hall–Kier alpha value is -0.260. The van der Waals surface area contributed by atoms with E-state index >= 15 is 0 Å². The highest BCUT2D eigenvalue weighted by molar-refractivity contribution is 5.11. The zero-order valence-corrected chi connectivity index (χ0v) is 5.48. The molecule has 0 saturated carbocycles. The van der Waals surface area contributed by atoms with E-state index in [4.69, 9.17) is 0 Å². The summed E-state index contributed by atoms with van der Waals surface area (Å²) in [5.41, 5.74) is 1.62. The first-order chi connectivity index (χ1) is 3.93. The van der Waals surface area contributed by atoms with Crippen molar-refractivity contribution in [3.8, 4) is 0 Å². The summed E-state index contributed by atoms with van der Waals surface area (Å²) in [6.45, 7) is 2.23. The molecule has 0 aromatic carbocycles. The summed E-state index contributed by atoms with van der Waals surface area (Å²) in [6, 6.07) is 0. The fourth-order valence-corrected chi connectivity index (χ4v) is 1.07. The molecule has 8 heavy (non-hydrogen) atoms. The molecular weight excluding hydrogens is 96.1 g/mol. The maximum Gasteiger partial charge on any atom is -0.0168 e. The molecule has 0 aliphatic heterocycles. The first-order valence-electron chi connectivity index (χ1n) is 3.44. The Bertz CT molecular complexity index is 90.2. The smallest absolute Gasteiger partial charge is 0.0168 e. The van der Waals surface area contributed by atoms with E-state index in [-0.39, 0.29) is 0 Å². The molecule has 0 fully saturated rings. The third-order valence-corrected chi connectivity index (χ3v) is 1.68. The third-order valence-electron chi connectivity index (χ3n) is 1.68. The number of allylic oxidation sites excluding steroid dienone is 2. The second-order valence-corrected chi connectivity index (χ2v) is 2.31. The van der Waals surface area contributed by atoms with Crippen LogP contribution in [-0.4, -0.2) is 0 Å². The van der Waals surface area contributed by atoms with Gasteiger partial charge >= 0.3 is 0 Å². The Morgan fingerprint density at radius 3 is 2.88 bits per heavy atom. The Labute approximate surface area is 51.6 Å². The lowest BCUT2D eigenvalue weighted by atomic mass is 9.98. The molecule has 0 atom stereocenters. The van der Waals surface area contributed by atoms with E-state index in [1.807, 2.05) is 0 Å². The van der Waals surface area contributed by atoms with E-state index in [1.165, 1.54) is 25.7 Å². The van der Waals surface area contributed by atoms with Crippen molar-refractivity contribution in [2.45, 2.75) is 32.6 Å². The van der Waals surface area contributed by atoms with Crippen LogP contribution in [-0.2, 0) is 0 Å². The molecule has 0 amide bonds. The van der Waals surface area contributed by atoms with Crippen molar-refractivity contribution in [2.24, 2.45) is 0 Å². The van der Waals surface area contributed by atoms with Crippen molar-refractivity contribution in [1.82, 2.24) is 0 Å². The van der Waals surface area contributed by atoms with Crippen molar-refractivity contribution in [2.75, 3.05) is 0 Å². The van der Waals surface area contributed by atoms with Crippen molar-refractivity contribution in [1.29, 1.82) is 0 Å². The van der Waals surface area contributed by atoms with E-state index < -0.39 is 0 Å². The number of hydrogen-bond donors (Lipinski definition) is 0. The zero-order valence-electron chi connectivity index (χ0n) is 5.48. The van der Waals surface area contributed by atoms with E-state index in [0.29, 0.717) is 0 Å². The second kappa shape index (κ2) is 2.91. The fraction of sp³-hybridized carbons (Fsp3) is 0.625. The largest absolute Gasteiger partial charge is 0.0816 e. The molecule has 0 heteroatoms. The van der Waals surface area contributed by atoms with E-state index in [0.717, 1.165) is 0 Å². The summed E-state index contributed by atoms with van der Waals surface area (Å²) in [4.78, 5) is 0. The molecule has 1 aliphatic carbocycles. The summed E-state index contributed by atoms with van der Waals surface area (Å²) in [5.74, 6) is 0. The molecule has 0 aromatic rings. The minimum absolute atomic E-state index is 1.25. The molecule has 0 spiro atoms. The summed E-state index contributed by atoms with van der Waals surface area (Å²) in [6.07, 6.45) is 9.82. The monoisotopic (exact) mass is 109 g/mol. The highest BCUT2D eigenvalue weighted by atomic mass is 14.0. The lowest BCUT2D eigenvalue weighted by Gasteiger charge is -2.08. The van der Waals surface area contributed by atoms with Crippen LogP contribution in [0, 0.1) is 6.42 Å². The van der Waals surface area contributed by atoms with Crippen LogP contribution in [0.15, 0.2) is 11.6 Å². The standard InChI is InChI=1S/C8H13/c1-2-8-6-4-3-5-7-8/h4,6H,2-3,5,7H2,1H3. The van der Waals surface area contributed by atoms with Crippen molar-refractivity contribution in [3.63, 3.8) is 0 Å². The van der Waals surface area contributed by atoms with Gasteiger partial charge in [0.1, 0.15) is 0 Å². The summed E-state index contributed by atoms with van der Waals surface area (Å²) >= 11 is 0. The maximum atomic E-state index is 2.28. The van der Waals surface area contributed by atoms with Gasteiger partial charge in [-0.2, -0.15) is 0 Å². The van der Waals surface area contributed by atoms with E-state index in [9.17, 15) is 0 Å². The predicted octanol–water partition coefficient (Wildman–Crippen LogP) is 2.71. The Morgan fingerprint density at radius 2 is 2.50 bits per heavy atom. The second-order valence-electron chi connectivity index (χ2n) is 2.31. The minimum atomic E-state index is 1.25. The Balaban J connectivity index is 2.37. The van der Waals surface area contributed by atoms with E-state index in [2.05, 4.69) is 19.4 Å². The zero-order chi connectivity index (χ0) is 5.82. The Kier molecular flexibility index (Phi) is 2.13. The van der Waals surface area contributed by atoms with Gasteiger partial charge in [-0.15, -0.1) is 0 Å². The minimum Gasteiger partial charge on any atom is -0.0816 e. The van der Waals surface area contributed by atoms with E-state index in [1.54, 1.807) is 5.57 Å². The predicted molar refractivity (Wildman–Crippen MR) is 36.5 cm³/mol. The van der Waals surface area contributed by atoms with Gasteiger partial charge in [-0.1, -0.05) is 18.6 Å². The first kappa shape index (κ1) is 5.87. The lowest BCUT2D eigenvalue weighted by molar-refractivity contribution is 0.754. The quantitative estimate of drug-likeness (QED) is 0.485. The average molecular weight is 109 g/mol. The fourth-order valence-electron chi connectivity index (χ4n) is 1.07. The Morgan fingerprint density at radius 1 is 1.62 bits per heavy atom. The molecule has 0 bridgehead atoms. The molecule has 0 saturated heterocycles. The summed E-state index contributed by atoms with van der Waals surface area (Å²) < 4.78 is 0. The average Bonchev–Trinajstić information content (AvgIpc) is 1.90. The molecule has 0 unspecified atom stereocenters. The van der Waals surface area contributed by atoms with Crippen LogP contribution < -0.4 is 0 Å². The van der Waals surface area contributed by atoms with Crippen LogP contribution in [0.25, 0.3) is 0 Å². The van der Waals surface area contributed by atoms with Crippen LogP contribution in [0.4, 0.5) is 0 Å². The molecule has 45 valence electrons. The van der Waals surface area contributed by atoms with Crippen LogP contribution in [0.2, 0.25) is 0 Å². The van der Waals surface area contributed by atoms with Crippen molar-refractivity contribution < 1.29 is 0 Å². The van der Waals surface area contributed by atoms with Gasteiger partial charge in [0.25, 0.3) is 0 Å². The molecule has 1 radical (unpaired) electrons. The topological polar surface area (TPSA) is 0 Å². The lowest BCUT2D eigenvalue weighted by Crippen LogP contribution is -1.89. The normalized spacial score (nSPS) is 20.4. The van der Waals surface area contributed by atoms with Crippen LogP contribution in [0.3, 0.4) is 0 Å². The van der Waals surface area contributed by atoms with Crippen LogP contribution in [0.5, 0.6) is 0 Å². The molecule has 0 heterocycles. The van der Waals surface area contributed by atoms with Gasteiger partial charge < -0.3 is 0 Å². The van der Waals surface area contributed by atoms with Gasteiger partial charge in [0.05, 0.1) is 0 Å². The van der Waals surface area contributed by atoms with Gasteiger partial charge in [0.2, 0.25) is 0 Å². The van der Waals surface area contributed by atoms with Gasteiger partial charge in [-0.25, -0.2) is 0 Å². The van der Waals surface area contributed by atoms with Crippen molar-refractivity contribution >= 4 is 0 Å². The van der Waals surface area contributed by atoms with Crippen molar-refractivity contribution in [3.05, 3.63) is 18.1 Å². The molecule has 0 nitrogen and oxygen atoms in total. The van der Waals surface area contributed by atoms with Crippen LogP contribution >= 0.6 is 0 Å². The van der Waals surface area contributed by atoms with Gasteiger partial charge in [-0.05, 0) is 32.1 Å². The van der Waals surface area contributed by atoms with Gasteiger partial charge in [-0.3, -0.25) is 0 Å². The molecule has 0 N–H and O–H groups in total. The molecule has 0 aromatic heterocycles. The number of rotatable bonds is 1. The molecule has 1 aliphatic rings. The summed E-state index contributed by atoms with van der Waals surface area (Å²) in [7, 11) is 0. The number of hydrogen-bond acceptors (Lipinski definition) is 0. The SMILES string of the molecule is CCC1=C[CH]CCC1. The molecule has 1 rings (SSSR count). The van der Waals surface area contributed by atoms with Crippen LogP contribution in [0.1, 0.15) is 32.6 Å². The third kappa shape index (κ3) is 1.36.